The Hall–Kier alpha value is -3.20. The second-order valence-electron chi connectivity index (χ2n) is 7.54. The van der Waals surface area contributed by atoms with Crippen LogP contribution in [0.25, 0.3) is 10.9 Å². The Balaban J connectivity index is 1.44. The molecular formula is C21H23ClN6O3. The van der Waals surface area contributed by atoms with Crippen molar-refractivity contribution in [2.45, 2.75) is 26.3 Å². The highest BCUT2D eigenvalue weighted by molar-refractivity contribution is 6.31. The van der Waals surface area contributed by atoms with E-state index in [1.165, 1.54) is 19.8 Å². The zero-order valence-electron chi connectivity index (χ0n) is 17.1. The van der Waals surface area contributed by atoms with Gasteiger partial charge in [0.05, 0.1) is 24.1 Å². The first-order valence-corrected chi connectivity index (χ1v) is 10.5. The molecule has 0 radical (unpaired) electrons. The number of carbonyl (C=O) groups excluding carboxylic acids is 2. The summed E-state index contributed by atoms with van der Waals surface area (Å²) >= 11 is 6.32. The minimum atomic E-state index is -0.322. The summed E-state index contributed by atoms with van der Waals surface area (Å²) in [4.78, 5) is 32.0. The Morgan fingerprint density at radius 3 is 2.81 bits per heavy atom. The van der Waals surface area contributed by atoms with E-state index in [0.717, 1.165) is 5.56 Å². The summed E-state index contributed by atoms with van der Waals surface area (Å²) in [5.41, 5.74) is 1.81. The van der Waals surface area contributed by atoms with Crippen molar-refractivity contribution in [2.24, 2.45) is 5.92 Å². The van der Waals surface area contributed by atoms with Gasteiger partial charge in [0.1, 0.15) is 10.7 Å². The van der Waals surface area contributed by atoms with E-state index in [2.05, 4.69) is 25.7 Å². The van der Waals surface area contributed by atoms with Crippen LogP contribution in [0.4, 0.5) is 0 Å². The highest BCUT2D eigenvalue weighted by atomic mass is 35.5. The van der Waals surface area contributed by atoms with Crippen LogP contribution >= 0.6 is 11.6 Å². The molecule has 1 aliphatic rings. The van der Waals surface area contributed by atoms with E-state index in [4.69, 9.17) is 16.3 Å². The fourth-order valence-corrected chi connectivity index (χ4v) is 3.32. The topological polar surface area (TPSA) is 111 Å². The first-order valence-electron chi connectivity index (χ1n) is 10.1. The van der Waals surface area contributed by atoms with Gasteiger partial charge < -0.3 is 15.4 Å². The predicted molar refractivity (Wildman–Crippen MR) is 115 cm³/mol. The summed E-state index contributed by atoms with van der Waals surface area (Å²) in [5, 5.41) is 11.0. The van der Waals surface area contributed by atoms with Crippen LogP contribution in [0, 0.1) is 5.92 Å². The van der Waals surface area contributed by atoms with Crippen LogP contribution in [0.3, 0.4) is 0 Å². The average molecular weight is 443 g/mol. The van der Waals surface area contributed by atoms with Crippen LogP contribution in [0.15, 0.2) is 30.7 Å². The van der Waals surface area contributed by atoms with E-state index in [1.807, 2.05) is 6.07 Å². The quantitative estimate of drug-likeness (QED) is 0.491. The third-order valence-corrected chi connectivity index (χ3v) is 5.11. The molecule has 0 aromatic carbocycles. The molecule has 0 atom stereocenters. The third-order valence-electron chi connectivity index (χ3n) is 4.84. The summed E-state index contributed by atoms with van der Waals surface area (Å²) in [6, 6.07) is 3.57. The van der Waals surface area contributed by atoms with Gasteiger partial charge in [0.2, 0.25) is 11.8 Å². The van der Waals surface area contributed by atoms with Crippen molar-refractivity contribution in [2.75, 3.05) is 19.7 Å². The van der Waals surface area contributed by atoms with E-state index in [0.29, 0.717) is 54.0 Å². The number of fused-ring (bicyclic) bond motifs is 1. The molecule has 3 aromatic heterocycles. The van der Waals surface area contributed by atoms with Crippen LogP contribution in [0.5, 0.6) is 5.88 Å². The number of carbonyl (C=O) groups is 2. The van der Waals surface area contributed by atoms with Crippen LogP contribution in [-0.2, 0) is 11.3 Å². The van der Waals surface area contributed by atoms with Crippen molar-refractivity contribution in [1.29, 1.82) is 0 Å². The smallest absolute Gasteiger partial charge is 0.270 e. The Morgan fingerprint density at radius 1 is 1.26 bits per heavy atom. The molecular weight excluding hydrogens is 420 g/mol. The number of nitrogens with zero attached hydrogens (tertiary/aromatic N) is 4. The third kappa shape index (κ3) is 5.49. The molecule has 1 fully saturated rings. The van der Waals surface area contributed by atoms with E-state index in [9.17, 15) is 9.59 Å². The summed E-state index contributed by atoms with van der Waals surface area (Å²) in [7, 11) is 0. The molecule has 1 aliphatic carbocycles. The second-order valence-corrected chi connectivity index (χ2v) is 7.95. The lowest BCUT2D eigenvalue weighted by atomic mass is 10.2. The fraction of sp³-hybridized carbons (Fsp3) is 0.381. The normalized spacial score (nSPS) is 13.2. The standard InChI is InChI=1S/C21H23ClN6O3/c1-13(29)23-6-7-25-20(30)19-16-11-28(27-18(16)4-5-24-19)10-15-8-17(22)21(26-9-15)31-12-14-2-3-14/h4-5,8-9,11,14H,2-3,6-7,10,12H2,1H3,(H,23,29)(H,25,30). The molecule has 162 valence electrons. The minimum Gasteiger partial charge on any atom is -0.476 e. The highest BCUT2D eigenvalue weighted by Gasteiger charge is 2.22. The average Bonchev–Trinajstić information content (AvgIpc) is 3.47. The first-order chi connectivity index (χ1) is 15.0. The number of amides is 2. The van der Waals surface area contributed by atoms with E-state index in [-0.39, 0.29) is 17.5 Å². The Kier molecular flexibility index (Phi) is 6.31. The van der Waals surface area contributed by atoms with E-state index < -0.39 is 0 Å². The Labute approximate surface area is 184 Å². The number of rotatable bonds is 9. The molecule has 9 nitrogen and oxygen atoms in total. The van der Waals surface area contributed by atoms with Gasteiger partial charge in [0.25, 0.3) is 5.91 Å². The van der Waals surface area contributed by atoms with Gasteiger partial charge in [-0.1, -0.05) is 11.6 Å². The van der Waals surface area contributed by atoms with Gasteiger partial charge in [-0.3, -0.25) is 19.3 Å². The van der Waals surface area contributed by atoms with E-state index >= 15 is 0 Å². The summed E-state index contributed by atoms with van der Waals surface area (Å²) in [6.45, 7) is 3.18. The van der Waals surface area contributed by atoms with Crippen LogP contribution < -0.4 is 15.4 Å². The largest absolute Gasteiger partial charge is 0.476 e. The monoisotopic (exact) mass is 442 g/mol. The lowest BCUT2D eigenvalue weighted by molar-refractivity contribution is -0.118. The molecule has 3 aromatic rings. The van der Waals surface area contributed by atoms with Crippen LogP contribution in [0.2, 0.25) is 5.02 Å². The molecule has 0 aliphatic heterocycles. The Morgan fingerprint density at radius 2 is 2.06 bits per heavy atom. The second kappa shape index (κ2) is 9.30. The van der Waals surface area contributed by atoms with E-state index in [1.54, 1.807) is 29.3 Å². The van der Waals surface area contributed by atoms with Gasteiger partial charge in [-0.2, -0.15) is 5.10 Å². The minimum absolute atomic E-state index is 0.146. The van der Waals surface area contributed by atoms with Gasteiger partial charge in [0, 0.05) is 38.6 Å². The molecule has 0 saturated heterocycles. The molecule has 2 N–H and O–H groups in total. The van der Waals surface area contributed by atoms with Crippen molar-refractivity contribution < 1.29 is 14.3 Å². The Bertz CT molecular complexity index is 1110. The zero-order valence-corrected chi connectivity index (χ0v) is 17.9. The number of hydrogen-bond donors (Lipinski definition) is 2. The van der Waals surface area contributed by atoms with Crippen molar-refractivity contribution in [3.8, 4) is 5.88 Å². The molecule has 10 heteroatoms. The molecule has 31 heavy (non-hydrogen) atoms. The maximum atomic E-state index is 12.5. The molecule has 0 unspecified atom stereocenters. The van der Waals surface area contributed by atoms with Crippen molar-refractivity contribution >= 4 is 34.3 Å². The summed E-state index contributed by atoms with van der Waals surface area (Å²) in [5.74, 6) is 0.607. The van der Waals surface area contributed by atoms with Gasteiger partial charge in [-0.25, -0.2) is 4.98 Å². The first kappa shape index (κ1) is 21.0. The van der Waals surface area contributed by atoms with Crippen molar-refractivity contribution in [3.63, 3.8) is 0 Å². The molecule has 0 bridgehead atoms. The maximum Gasteiger partial charge on any atom is 0.270 e. The molecule has 0 spiro atoms. The number of ether oxygens (including phenoxy) is 1. The molecule has 1 saturated carbocycles. The van der Waals surface area contributed by atoms with Gasteiger partial charge in [0.15, 0.2) is 0 Å². The summed E-state index contributed by atoms with van der Waals surface area (Å²) < 4.78 is 7.39. The van der Waals surface area contributed by atoms with Gasteiger partial charge in [-0.15, -0.1) is 0 Å². The van der Waals surface area contributed by atoms with Crippen LogP contribution in [-0.4, -0.2) is 51.3 Å². The summed E-state index contributed by atoms with van der Waals surface area (Å²) in [6.07, 6.45) is 7.44. The van der Waals surface area contributed by atoms with Gasteiger partial charge in [-0.05, 0) is 36.5 Å². The zero-order chi connectivity index (χ0) is 21.8. The number of hydrogen-bond acceptors (Lipinski definition) is 6. The number of aromatic nitrogens is 4. The number of halogens is 1. The predicted octanol–water partition coefficient (Wildman–Crippen LogP) is 2.18. The molecule has 4 rings (SSSR count). The maximum absolute atomic E-state index is 12.5. The van der Waals surface area contributed by atoms with Crippen molar-refractivity contribution in [1.82, 2.24) is 30.4 Å². The molecule has 2 amide bonds. The fourth-order valence-electron chi connectivity index (χ4n) is 3.08. The lowest BCUT2D eigenvalue weighted by Gasteiger charge is -2.08. The highest BCUT2D eigenvalue weighted by Crippen LogP contribution is 2.31. The number of nitrogens with one attached hydrogen (secondary N) is 2. The SMILES string of the molecule is CC(=O)NCCNC(=O)c1nccc2nn(Cc3cnc(OCC4CC4)c(Cl)c3)cc12. The van der Waals surface area contributed by atoms with Crippen molar-refractivity contribution in [3.05, 3.63) is 47.0 Å². The number of pyridine rings is 2. The van der Waals surface area contributed by atoms with Gasteiger partial charge >= 0.3 is 0 Å². The van der Waals surface area contributed by atoms with Crippen LogP contribution in [0.1, 0.15) is 35.8 Å². The molecule has 3 heterocycles. The lowest BCUT2D eigenvalue weighted by Crippen LogP contribution is -2.34.